The summed E-state index contributed by atoms with van der Waals surface area (Å²) in [6, 6.07) is 6.16. The molecule has 0 bridgehead atoms. The lowest BCUT2D eigenvalue weighted by Gasteiger charge is -1.96. The van der Waals surface area contributed by atoms with Crippen molar-refractivity contribution in [2.75, 3.05) is 5.32 Å². The van der Waals surface area contributed by atoms with Gasteiger partial charge in [0, 0.05) is 12.5 Å². The van der Waals surface area contributed by atoms with Crippen LogP contribution in [0, 0.1) is 0 Å². The molecule has 0 aliphatic heterocycles. The average Bonchev–Trinajstić information content (AvgIpc) is 2.86. The first-order chi connectivity index (χ1) is 9.88. The quantitative estimate of drug-likeness (QED) is 0.639. The number of phenolic OH excluding ortho intramolecular Hbond substituents is 1. The monoisotopic (exact) mass is 326 g/mol. The van der Waals surface area contributed by atoms with Gasteiger partial charge in [0.15, 0.2) is 0 Å². The number of rotatable bonds is 4. The summed E-state index contributed by atoms with van der Waals surface area (Å²) in [4.78, 5) is 10.8. The SMILES string of the molecule is CC(=O)Nc1nnc(S(=O)(=O)/N=C/c2ccccc2O)s1. The number of para-hydroxylation sites is 1. The normalized spacial score (nSPS) is 11.7. The molecule has 2 aromatic rings. The molecule has 0 aliphatic carbocycles. The van der Waals surface area contributed by atoms with Gasteiger partial charge in [-0.05, 0) is 12.1 Å². The summed E-state index contributed by atoms with van der Waals surface area (Å²) in [7, 11) is -4.04. The number of phenols is 1. The summed E-state index contributed by atoms with van der Waals surface area (Å²) in [5.41, 5.74) is 0.257. The molecule has 0 unspecified atom stereocenters. The summed E-state index contributed by atoms with van der Waals surface area (Å²) in [6.07, 6.45) is 1.02. The van der Waals surface area contributed by atoms with Gasteiger partial charge in [-0.2, -0.15) is 12.8 Å². The molecule has 2 rings (SSSR count). The van der Waals surface area contributed by atoms with E-state index in [0.29, 0.717) is 11.3 Å². The topological polar surface area (TPSA) is 122 Å². The van der Waals surface area contributed by atoms with Crippen molar-refractivity contribution in [3.05, 3.63) is 29.8 Å². The van der Waals surface area contributed by atoms with E-state index in [1.165, 1.54) is 19.1 Å². The minimum absolute atomic E-state index is 0.0684. The van der Waals surface area contributed by atoms with E-state index in [1.54, 1.807) is 12.1 Å². The summed E-state index contributed by atoms with van der Waals surface area (Å²) in [6.45, 7) is 1.27. The van der Waals surface area contributed by atoms with Crippen LogP contribution in [-0.2, 0) is 14.8 Å². The van der Waals surface area contributed by atoms with E-state index in [0.717, 1.165) is 6.21 Å². The molecule has 0 saturated heterocycles. The predicted molar refractivity (Wildman–Crippen MR) is 77.1 cm³/mol. The van der Waals surface area contributed by atoms with Gasteiger partial charge in [0.2, 0.25) is 11.0 Å². The van der Waals surface area contributed by atoms with Crippen LogP contribution in [0.5, 0.6) is 5.75 Å². The number of anilines is 1. The summed E-state index contributed by atoms with van der Waals surface area (Å²) < 4.78 is 26.9. The number of carbonyl (C=O) groups is 1. The van der Waals surface area contributed by atoms with E-state index >= 15 is 0 Å². The first kappa shape index (κ1) is 15.1. The van der Waals surface area contributed by atoms with Crippen LogP contribution in [0.2, 0.25) is 0 Å². The second-order valence-electron chi connectivity index (χ2n) is 3.82. The molecule has 1 amide bonds. The fourth-order valence-corrected chi connectivity index (χ4v) is 3.08. The maximum atomic E-state index is 11.9. The third-order valence-electron chi connectivity index (χ3n) is 2.18. The smallest absolute Gasteiger partial charge is 0.311 e. The van der Waals surface area contributed by atoms with Crippen LogP contribution in [-0.4, -0.2) is 35.8 Å². The zero-order valence-electron chi connectivity index (χ0n) is 10.7. The average molecular weight is 326 g/mol. The van der Waals surface area contributed by atoms with Crippen LogP contribution in [0.25, 0.3) is 0 Å². The first-order valence-electron chi connectivity index (χ1n) is 5.58. The van der Waals surface area contributed by atoms with E-state index in [2.05, 4.69) is 19.9 Å². The third-order valence-corrected chi connectivity index (χ3v) is 4.60. The number of nitrogens with zero attached hydrogens (tertiary/aromatic N) is 3. The van der Waals surface area contributed by atoms with Crippen LogP contribution in [0.1, 0.15) is 12.5 Å². The van der Waals surface area contributed by atoms with Crippen molar-refractivity contribution in [1.82, 2.24) is 10.2 Å². The highest BCUT2D eigenvalue weighted by Crippen LogP contribution is 2.22. The Morgan fingerprint density at radius 1 is 1.38 bits per heavy atom. The molecule has 2 N–H and O–H groups in total. The Bertz CT molecular complexity index is 798. The van der Waals surface area contributed by atoms with Crippen molar-refractivity contribution in [3.63, 3.8) is 0 Å². The van der Waals surface area contributed by atoms with Crippen LogP contribution >= 0.6 is 11.3 Å². The Balaban J connectivity index is 2.24. The molecule has 21 heavy (non-hydrogen) atoms. The molecule has 1 aromatic carbocycles. The minimum Gasteiger partial charge on any atom is -0.507 e. The lowest BCUT2D eigenvalue weighted by atomic mass is 10.2. The molecule has 110 valence electrons. The first-order valence-corrected chi connectivity index (χ1v) is 7.83. The van der Waals surface area contributed by atoms with E-state index in [1.807, 2.05) is 0 Å². The molecule has 0 spiro atoms. The number of sulfonamides is 1. The molecular formula is C11H10N4O4S2. The fraction of sp³-hybridized carbons (Fsp3) is 0.0909. The van der Waals surface area contributed by atoms with Crippen LogP contribution in [0.15, 0.2) is 33.0 Å². The number of amides is 1. The van der Waals surface area contributed by atoms with Gasteiger partial charge in [0.25, 0.3) is 4.34 Å². The van der Waals surface area contributed by atoms with Gasteiger partial charge in [-0.25, -0.2) is 0 Å². The van der Waals surface area contributed by atoms with Crippen molar-refractivity contribution in [1.29, 1.82) is 0 Å². The lowest BCUT2D eigenvalue weighted by Crippen LogP contribution is -2.04. The van der Waals surface area contributed by atoms with Gasteiger partial charge in [-0.15, -0.1) is 10.2 Å². The standard InChI is InChI=1S/C11H10N4O4S2/c1-7(16)13-10-14-15-11(20-10)21(18,19)12-6-8-4-2-3-5-9(8)17/h2-6,17H,1H3,(H,13,14,16)/b12-6+. The molecule has 0 radical (unpaired) electrons. The van der Waals surface area contributed by atoms with Crippen molar-refractivity contribution < 1.29 is 18.3 Å². The summed E-state index contributed by atoms with van der Waals surface area (Å²) in [5.74, 6) is -0.472. The Kier molecular flexibility index (Phi) is 4.29. The number of aromatic nitrogens is 2. The number of nitrogens with one attached hydrogen (secondary N) is 1. The Morgan fingerprint density at radius 2 is 2.10 bits per heavy atom. The largest absolute Gasteiger partial charge is 0.507 e. The zero-order valence-corrected chi connectivity index (χ0v) is 12.3. The van der Waals surface area contributed by atoms with E-state index in [9.17, 15) is 18.3 Å². The van der Waals surface area contributed by atoms with Crippen molar-refractivity contribution in [3.8, 4) is 5.75 Å². The van der Waals surface area contributed by atoms with E-state index in [-0.39, 0.29) is 26.7 Å². The van der Waals surface area contributed by atoms with Gasteiger partial charge in [0.1, 0.15) is 5.75 Å². The minimum atomic E-state index is -4.04. The predicted octanol–water partition coefficient (Wildman–Crippen LogP) is 1.01. The number of carbonyl (C=O) groups excluding carboxylic acids is 1. The second-order valence-corrected chi connectivity index (χ2v) is 6.61. The Hall–Kier alpha value is -2.33. The molecule has 1 heterocycles. The molecular weight excluding hydrogens is 316 g/mol. The summed E-state index contributed by atoms with van der Waals surface area (Å²) >= 11 is 0.689. The molecule has 0 atom stereocenters. The summed E-state index contributed by atoms with van der Waals surface area (Å²) in [5, 5.41) is 18.9. The number of hydrogen-bond acceptors (Lipinski definition) is 7. The third kappa shape index (κ3) is 3.83. The van der Waals surface area contributed by atoms with Crippen LogP contribution in [0.4, 0.5) is 5.13 Å². The zero-order chi connectivity index (χ0) is 15.5. The van der Waals surface area contributed by atoms with Crippen LogP contribution < -0.4 is 5.32 Å². The highest BCUT2D eigenvalue weighted by molar-refractivity contribution is 7.92. The molecule has 0 aliphatic rings. The van der Waals surface area contributed by atoms with E-state index in [4.69, 9.17) is 0 Å². The highest BCUT2D eigenvalue weighted by Gasteiger charge is 2.19. The number of aromatic hydroxyl groups is 1. The van der Waals surface area contributed by atoms with Crippen molar-refractivity contribution >= 4 is 38.6 Å². The second kappa shape index (κ2) is 5.97. The molecule has 0 fully saturated rings. The van der Waals surface area contributed by atoms with Gasteiger partial charge in [0.05, 0.1) is 6.21 Å². The Labute approximate surface area is 124 Å². The molecule has 1 aromatic heterocycles. The molecule has 8 nitrogen and oxygen atoms in total. The maximum Gasteiger partial charge on any atom is 0.311 e. The number of benzene rings is 1. The number of hydrogen-bond donors (Lipinski definition) is 2. The maximum absolute atomic E-state index is 11.9. The van der Waals surface area contributed by atoms with E-state index < -0.39 is 10.0 Å². The molecule has 10 heteroatoms. The fourth-order valence-electron chi connectivity index (χ4n) is 1.28. The van der Waals surface area contributed by atoms with Gasteiger partial charge in [-0.3, -0.25) is 4.79 Å². The van der Waals surface area contributed by atoms with Crippen LogP contribution in [0.3, 0.4) is 0 Å². The lowest BCUT2D eigenvalue weighted by molar-refractivity contribution is -0.114. The van der Waals surface area contributed by atoms with Crippen molar-refractivity contribution in [2.24, 2.45) is 4.40 Å². The highest BCUT2D eigenvalue weighted by atomic mass is 32.2. The Morgan fingerprint density at radius 3 is 2.76 bits per heavy atom. The van der Waals surface area contributed by atoms with Gasteiger partial charge in [-0.1, -0.05) is 23.5 Å². The van der Waals surface area contributed by atoms with Crippen molar-refractivity contribution in [2.45, 2.75) is 11.3 Å². The molecule has 0 saturated carbocycles. The van der Waals surface area contributed by atoms with Gasteiger partial charge < -0.3 is 10.4 Å². The van der Waals surface area contributed by atoms with Gasteiger partial charge >= 0.3 is 10.0 Å².